The SMILES string of the molecule is Cl.Cn1ccnc1C1CNCCN1C(=O)c1ccc(F)cc1Br. The molecule has 0 saturated carbocycles. The molecule has 124 valence electrons. The predicted octanol–water partition coefficient (Wildman–Crippen LogP) is 2.53. The quantitative estimate of drug-likeness (QED) is 0.838. The fraction of sp³-hybridized carbons (Fsp3) is 0.333. The first-order valence-corrected chi connectivity index (χ1v) is 7.81. The van der Waals surface area contributed by atoms with E-state index in [1.165, 1.54) is 18.2 Å². The number of piperazine rings is 1. The second-order valence-corrected chi connectivity index (χ2v) is 6.09. The van der Waals surface area contributed by atoms with E-state index in [2.05, 4.69) is 26.2 Å². The summed E-state index contributed by atoms with van der Waals surface area (Å²) in [7, 11) is 1.91. The van der Waals surface area contributed by atoms with Crippen LogP contribution in [0.1, 0.15) is 22.2 Å². The second-order valence-electron chi connectivity index (χ2n) is 5.24. The molecule has 1 saturated heterocycles. The fourth-order valence-electron chi connectivity index (χ4n) is 2.69. The van der Waals surface area contributed by atoms with Crippen molar-refractivity contribution in [1.82, 2.24) is 19.8 Å². The van der Waals surface area contributed by atoms with E-state index >= 15 is 0 Å². The zero-order valence-corrected chi connectivity index (χ0v) is 14.9. The first-order chi connectivity index (χ1) is 10.6. The molecule has 0 aliphatic carbocycles. The van der Waals surface area contributed by atoms with Gasteiger partial charge in [0.1, 0.15) is 17.7 Å². The lowest BCUT2D eigenvalue weighted by atomic mass is 10.1. The summed E-state index contributed by atoms with van der Waals surface area (Å²) in [6.45, 7) is 1.96. The molecule has 2 aromatic rings. The summed E-state index contributed by atoms with van der Waals surface area (Å²) in [5, 5.41) is 3.29. The van der Waals surface area contributed by atoms with Gasteiger partial charge in [0.05, 0.1) is 5.56 Å². The summed E-state index contributed by atoms with van der Waals surface area (Å²) in [6.07, 6.45) is 3.58. The summed E-state index contributed by atoms with van der Waals surface area (Å²) >= 11 is 3.27. The van der Waals surface area contributed by atoms with Gasteiger partial charge in [0.25, 0.3) is 5.91 Å². The van der Waals surface area contributed by atoms with Crippen molar-refractivity contribution in [3.63, 3.8) is 0 Å². The maximum absolute atomic E-state index is 13.2. The van der Waals surface area contributed by atoms with Crippen LogP contribution in [0.15, 0.2) is 35.1 Å². The molecule has 0 spiro atoms. The number of rotatable bonds is 2. The Labute approximate surface area is 148 Å². The van der Waals surface area contributed by atoms with Crippen molar-refractivity contribution in [3.05, 3.63) is 52.3 Å². The molecule has 1 aromatic carbocycles. The highest BCUT2D eigenvalue weighted by Crippen LogP contribution is 2.26. The molecule has 23 heavy (non-hydrogen) atoms. The summed E-state index contributed by atoms with van der Waals surface area (Å²) < 4.78 is 15.6. The third kappa shape index (κ3) is 3.57. The average molecular weight is 404 g/mol. The van der Waals surface area contributed by atoms with Crippen LogP contribution in [-0.4, -0.2) is 40.0 Å². The van der Waals surface area contributed by atoms with Gasteiger partial charge in [0.15, 0.2) is 0 Å². The molecule has 1 atom stereocenters. The van der Waals surface area contributed by atoms with Gasteiger partial charge in [-0.25, -0.2) is 9.37 Å². The van der Waals surface area contributed by atoms with E-state index in [0.717, 1.165) is 12.4 Å². The normalized spacial score (nSPS) is 17.7. The first kappa shape index (κ1) is 17.9. The van der Waals surface area contributed by atoms with Crippen LogP contribution in [0.25, 0.3) is 0 Å². The van der Waals surface area contributed by atoms with Crippen LogP contribution < -0.4 is 5.32 Å². The topological polar surface area (TPSA) is 50.2 Å². The molecule has 8 heteroatoms. The van der Waals surface area contributed by atoms with Gasteiger partial charge in [0.2, 0.25) is 0 Å². The number of amides is 1. The maximum Gasteiger partial charge on any atom is 0.255 e. The predicted molar refractivity (Wildman–Crippen MR) is 91.2 cm³/mol. The first-order valence-electron chi connectivity index (χ1n) is 7.02. The van der Waals surface area contributed by atoms with Crippen LogP contribution in [0, 0.1) is 5.82 Å². The summed E-state index contributed by atoms with van der Waals surface area (Å²) in [4.78, 5) is 19.0. The molecule has 2 heterocycles. The van der Waals surface area contributed by atoms with Gasteiger partial charge in [0, 0.05) is 43.5 Å². The minimum absolute atomic E-state index is 0. The van der Waals surface area contributed by atoms with E-state index in [1.54, 1.807) is 11.1 Å². The Morgan fingerprint density at radius 3 is 2.91 bits per heavy atom. The van der Waals surface area contributed by atoms with Gasteiger partial charge in [-0.3, -0.25) is 4.79 Å². The molecule has 1 amide bonds. The number of nitrogens with one attached hydrogen (secondary N) is 1. The number of aromatic nitrogens is 2. The highest BCUT2D eigenvalue weighted by molar-refractivity contribution is 9.10. The number of carbonyl (C=O) groups is 1. The van der Waals surface area contributed by atoms with Crippen LogP contribution in [0.3, 0.4) is 0 Å². The molecule has 0 bridgehead atoms. The number of aryl methyl sites for hydroxylation is 1. The Kier molecular flexibility index (Phi) is 5.78. The Balaban J connectivity index is 0.00000192. The minimum atomic E-state index is -0.371. The zero-order valence-electron chi connectivity index (χ0n) is 12.5. The minimum Gasteiger partial charge on any atom is -0.336 e. The largest absolute Gasteiger partial charge is 0.336 e. The van der Waals surface area contributed by atoms with Crippen LogP contribution in [0.2, 0.25) is 0 Å². The lowest BCUT2D eigenvalue weighted by Gasteiger charge is -2.36. The summed E-state index contributed by atoms with van der Waals surface area (Å²) in [5.74, 6) is 0.338. The lowest BCUT2D eigenvalue weighted by molar-refractivity contribution is 0.0620. The number of carbonyl (C=O) groups excluding carboxylic acids is 1. The van der Waals surface area contributed by atoms with E-state index in [4.69, 9.17) is 0 Å². The van der Waals surface area contributed by atoms with Crippen LogP contribution in [-0.2, 0) is 7.05 Å². The van der Waals surface area contributed by atoms with Gasteiger partial charge in [-0.15, -0.1) is 12.4 Å². The van der Waals surface area contributed by atoms with Crippen molar-refractivity contribution in [2.75, 3.05) is 19.6 Å². The van der Waals surface area contributed by atoms with Gasteiger partial charge in [-0.1, -0.05) is 0 Å². The number of hydrogen-bond acceptors (Lipinski definition) is 3. The van der Waals surface area contributed by atoms with Gasteiger partial charge >= 0.3 is 0 Å². The zero-order chi connectivity index (χ0) is 15.7. The Morgan fingerprint density at radius 2 is 2.26 bits per heavy atom. The molecule has 1 aliphatic rings. The van der Waals surface area contributed by atoms with Crippen molar-refractivity contribution < 1.29 is 9.18 Å². The smallest absolute Gasteiger partial charge is 0.255 e. The van der Waals surface area contributed by atoms with Gasteiger partial charge < -0.3 is 14.8 Å². The molecule has 1 fully saturated rings. The van der Waals surface area contributed by atoms with Gasteiger partial charge in [-0.05, 0) is 34.1 Å². The van der Waals surface area contributed by atoms with Crippen molar-refractivity contribution in [2.24, 2.45) is 7.05 Å². The van der Waals surface area contributed by atoms with Crippen molar-refractivity contribution in [3.8, 4) is 0 Å². The second kappa shape index (κ2) is 7.42. The van der Waals surface area contributed by atoms with E-state index in [0.29, 0.717) is 23.1 Å². The lowest BCUT2D eigenvalue weighted by Crippen LogP contribution is -2.49. The molecule has 1 unspecified atom stereocenters. The van der Waals surface area contributed by atoms with E-state index in [1.807, 2.05) is 17.8 Å². The van der Waals surface area contributed by atoms with Crippen LogP contribution in [0.4, 0.5) is 4.39 Å². The van der Waals surface area contributed by atoms with Crippen molar-refractivity contribution >= 4 is 34.2 Å². The summed E-state index contributed by atoms with van der Waals surface area (Å²) in [5.41, 5.74) is 0.461. The van der Waals surface area contributed by atoms with E-state index in [9.17, 15) is 9.18 Å². The molecular formula is C15H17BrClFN4O. The molecule has 1 aromatic heterocycles. The molecular weight excluding hydrogens is 387 g/mol. The molecule has 0 radical (unpaired) electrons. The number of imidazole rings is 1. The Hall–Kier alpha value is -1.44. The number of hydrogen-bond donors (Lipinski definition) is 1. The molecule has 1 N–H and O–H groups in total. The molecule has 3 rings (SSSR count). The van der Waals surface area contributed by atoms with E-state index < -0.39 is 0 Å². The maximum atomic E-state index is 13.2. The number of halogens is 3. The third-order valence-corrected chi connectivity index (χ3v) is 4.48. The highest BCUT2D eigenvalue weighted by Gasteiger charge is 2.31. The highest BCUT2D eigenvalue weighted by atomic mass is 79.9. The van der Waals surface area contributed by atoms with Crippen LogP contribution in [0.5, 0.6) is 0 Å². The third-order valence-electron chi connectivity index (χ3n) is 3.82. The average Bonchev–Trinajstić information content (AvgIpc) is 2.93. The molecule has 1 aliphatic heterocycles. The Bertz CT molecular complexity index is 709. The summed E-state index contributed by atoms with van der Waals surface area (Å²) in [6, 6.07) is 3.98. The van der Waals surface area contributed by atoms with Crippen molar-refractivity contribution in [2.45, 2.75) is 6.04 Å². The van der Waals surface area contributed by atoms with Gasteiger partial charge in [-0.2, -0.15) is 0 Å². The van der Waals surface area contributed by atoms with Crippen molar-refractivity contribution in [1.29, 1.82) is 0 Å². The standard InChI is InChI=1S/C15H16BrFN4O.ClH/c1-20-6-5-19-14(20)13-9-18-4-7-21(13)15(22)11-3-2-10(17)8-12(11)16;/h2-3,5-6,8,13,18H,4,7,9H2,1H3;1H. The van der Waals surface area contributed by atoms with Crippen LogP contribution >= 0.6 is 28.3 Å². The molecule has 5 nitrogen and oxygen atoms in total. The fourth-order valence-corrected chi connectivity index (χ4v) is 3.21. The Morgan fingerprint density at radius 1 is 1.48 bits per heavy atom. The monoisotopic (exact) mass is 402 g/mol. The number of nitrogens with zero attached hydrogens (tertiary/aromatic N) is 3. The number of benzene rings is 1. The van der Waals surface area contributed by atoms with E-state index in [-0.39, 0.29) is 30.2 Å².